The van der Waals surface area contributed by atoms with Crippen LogP contribution in [0.5, 0.6) is 5.75 Å². The maximum atomic E-state index is 13.0. The summed E-state index contributed by atoms with van der Waals surface area (Å²) in [5.74, 6) is -0.751. The number of hydrogen-bond donors (Lipinski definition) is 2. The summed E-state index contributed by atoms with van der Waals surface area (Å²) >= 11 is 0. The van der Waals surface area contributed by atoms with Gasteiger partial charge in [-0.2, -0.15) is 0 Å². The van der Waals surface area contributed by atoms with Gasteiger partial charge in [-0.3, -0.25) is 20.1 Å². The molecule has 0 fully saturated rings. The van der Waals surface area contributed by atoms with Gasteiger partial charge in [-0.15, -0.1) is 5.17 Å². The number of non-ortho nitro benzene ring substituents is 1. The lowest BCUT2D eigenvalue weighted by Crippen LogP contribution is -2.44. The van der Waals surface area contributed by atoms with Crippen molar-refractivity contribution in [2.24, 2.45) is 0 Å². The second kappa shape index (κ2) is 9.56. The molecule has 0 aromatic heterocycles. The maximum Gasteiger partial charge on any atom is 0.293 e. The van der Waals surface area contributed by atoms with E-state index in [1.165, 1.54) is 31.4 Å². The molecule has 0 saturated carbocycles. The topological polar surface area (TPSA) is 139 Å². The first-order valence-electron chi connectivity index (χ1n) is 9.22. The van der Waals surface area contributed by atoms with E-state index in [1.807, 2.05) is 30.3 Å². The van der Waals surface area contributed by atoms with Crippen molar-refractivity contribution in [2.45, 2.75) is 11.3 Å². The van der Waals surface area contributed by atoms with Gasteiger partial charge in [0.25, 0.3) is 21.6 Å². The lowest BCUT2D eigenvalue weighted by atomic mass is 10.0. The van der Waals surface area contributed by atoms with E-state index >= 15 is 0 Å². The van der Waals surface area contributed by atoms with Gasteiger partial charge in [0.1, 0.15) is 5.75 Å². The van der Waals surface area contributed by atoms with Gasteiger partial charge in [-0.25, -0.2) is 8.42 Å². The van der Waals surface area contributed by atoms with E-state index in [4.69, 9.17) is 4.74 Å². The highest BCUT2D eigenvalue weighted by Gasteiger charge is 2.26. The molecule has 1 amide bonds. The van der Waals surface area contributed by atoms with Gasteiger partial charge >= 0.3 is 0 Å². The fourth-order valence-electron chi connectivity index (χ4n) is 2.98. The molecule has 2 N–H and O–H groups in total. The van der Waals surface area contributed by atoms with E-state index in [9.17, 15) is 28.5 Å². The normalized spacial score (nSPS) is 11.1. The lowest BCUT2D eigenvalue weighted by Gasteiger charge is -2.18. The maximum absolute atomic E-state index is 13.0. The van der Waals surface area contributed by atoms with Gasteiger partial charge in [0.2, 0.25) is 0 Å². The average molecular weight is 457 g/mol. The number of ether oxygens (including phenoxy) is 1. The smallest absolute Gasteiger partial charge is 0.293 e. The minimum Gasteiger partial charge on any atom is -0.497 e. The van der Waals surface area contributed by atoms with Crippen LogP contribution in [0.2, 0.25) is 0 Å². The molecule has 32 heavy (non-hydrogen) atoms. The van der Waals surface area contributed by atoms with Crippen LogP contribution in [0.25, 0.3) is 0 Å². The summed E-state index contributed by atoms with van der Waals surface area (Å²) in [6, 6.07) is 17.9. The third-order valence-corrected chi connectivity index (χ3v) is 5.89. The van der Waals surface area contributed by atoms with Gasteiger partial charge in [-0.05, 0) is 41.8 Å². The highest BCUT2D eigenvalue weighted by molar-refractivity contribution is 7.89. The van der Waals surface area contributed by atoms with Crippen LogP contribution in [-0.4, -0.2) is 36.7 Å². The van der Waals surface area contributed by atoms with Crippen LogP contribution in [0.15, 0.2) is 77.7 Å². The summed E-state index contributed by atoms with van der Waals surface area (Å²) < 4.78 is 31.1. The number of nitrogens with one attached hydrogen (secondary N) is 1. The fraction of sp³-hybridized carbons (Fsp3) is 0.0952. The van der Waals surface area contributed by atoms with Gasteiger partial charge in [0, 0.05) is 12.1 Å². The number of sulfonamides is 1. The molecule has 0 aliphatic heterocycles. The number of methoxy groups -OCH3 is 1. The van der Waals surface area contributed by atoms with E-state index in [0.717, 1.165) is 17.7 Å². The van der Waals surface area contributed by atoms with Crippen LogP contribution >= 0.6 is 0 Å². The number of nitro groups is 1. The molecule has 3 aromatic carbocycles. The van der Waals surface area contributed by atoms with Crippen molar-refractivity contribution in [3.05, 3.63) is 99.6 Å². The first-order chi connectivity index (χ1) is 15.2. The first kappa shape index (κ1) is 22.9. The molecule has 0 spiro atoms. The third kappa shape index (κ3) is 5.27. The summed E-state index contributed by atoms with van der Waals surface area (Å²) in [6.07, 6.45) is 0.249. The van der Waals surface area contributed by atoms with Crippen LogP contribution in [0.1, 0.15) is 21.5 Å². The number of nitrogens with zero attached hydrogens (tertiary/aromatic N) is 2. The van der Waals surface area contributed by atoms with Gasteiger partial charge < -0.3 is 4.74 Å². The van der Waals surface area contributed by atoms with Crippen LogP contribution in [0.3, 0.4) is 0 Å². The molecule has 3 aromatic rings. The molecule has 166 valence electrons. The minimum atomic E-state index is -4.40. The van der Waals surface area contributed by atoms with Gasteiger partial charge in [-0.1, -0.05) is 41.2 Å². The quantitative estimate of drug-likeness (QED) is 0.301. The van der Waals surface area contributed by atoms with Crippen LogP contribution in [-0.2, 0) is 16.4 Å². The van der Waals surface area contributed by atoms with Crippen molar-refractivity contribution >= 4 is 21.6 Å². The molecule has 0 aliphatic rings. The number of carbonyl (C=O) groups excluding carboxylic acids is 1. The standard InChI is InChI=1S/C21H19N3O7S/c1-31-19-10-11-20(17(14-19)12-15-6-3-2-4-7-15)32(29,30)22-23(26)21(25)16-8-5-9-18(13-16)24(27)28/h2-11,13-14,22,26H,12H2,1H3. The van der Waals surface area contributed by atoms with E-state index < -0.39 is 20.9 Å². The molecule has 3 rings (SSSR count). The number of hydrogen-bond acceptors (Lipinski definition) is 7. The molecule has 0 aliphatic carbocycles. The Bertz CT molecular complexity index is 1250. The SMILES string of the molecule is COc1ccc(S(=O)(=O)NN(O)C(=O)c2cccc([N+](=O)[O-])c2)c(Cc2ccccc2)c1. The molecule has 0 unspecified atom stereocenters. The highest BCUT2D eigenvalue weighted by atomic mass is 32.2. The zero-order valence-corrected chi connectivity index (χ0v) is 17.7. The van der Waals surface area contributed by atoms with Crippen molar-refractivity contribution in [1.82, 2.24) is 10.0 Å². The second-order valence-corrected chi connectivity index (χ2v) is 8.28. The summed E-state index contributed by atoms with van der Waals surface area (Å²) in [7, 11) is -2.95. The number of carbonyl (C=O) groups is 1. The first-order valence-corrected chi connectivity index (χ1v) is 10.7. The fourth-order valence-corrected chi connectivity index (χ4v) is 4.11. The van der Waals surface area contributed by atoms with E-state index in [2.05, 4.69) is 0 Å². The molecular formula is C21H19N3O7S. The molecule has 0 radical (unpaired) electrons. The molecule has 11 heteroatoms. The van der Waals surface area contributed by atoms with E-state index in [-0.39, 0.29) is 27.7 Å². The largest absolute Gasteiger partial charge is 0.497 e. The zero-order chi connectivity index (χ0) is 23.3. The molecule has 0 atom stereocenters. The number of rotatable bonds is 8. The Morgan fingerprint density at radius 3 is 2.47 bits per heavy atom. The monoisotopic (exact) mass is 457 g/mol. The van der Waals surface area contributed by atoms with Crippen molar-refractivity contribution in [3.63, 3.8) is 0 Å². The Kier molecular flexibility index (Phi) is 6.83. The van der Waals surface area contributed by atoms with Crippen molar-refractivity contribution in [1.29, 1.82) is 0 Å². The minimum absolute atomic E-state index is 0.173. The molecule has 0 bridgehead atoms. The summed E-state index contributed by atoms with van der Waals surface area (Å²) in [6.45, 7) is 0. The van der Waals surface area contributed by atoms with E-state index in [1.54, 1.807) is 10.9 Å². The number of hydroxylamine groups is 1. The van der Waals surface area contributed by atoms with Crippen molar-refractivity contribution in [3.8, 4) is 5.75 Å². The van der Waals surface area contributed by atoms with Gasteiger partial charge in [0.15, 0.2) is 0 Å². The molecular weight excluding hydrogens is 438 g/mol. The lowest BCUT2D eigenvalue weighted by molar-refractivity contribution is -0.384. The Morgan fingerprint density at radius 1 is 1.09 bits per heavy atom. The molecule has 0 heterocycles. The highest BCUT2D eigenvalue weighted by Crippen LogP contribution is 2.25. The summed E-state index contributed by atoms with van der Waals surface area (Å²) in [5.41, 5.74) is 0.557. The van der Waals surface area contributed by atoms with Crippen molar-refractivity contribution < 1.29 is 28.1 Å². The Labute approximate surface area is 183 Å². The predicted octanol–water partition coefficient (Wildman–Crippen LogP) is 2.92. The van der Waals surface area contributed by atoms with Crippen LogP contribution in [0, 0.1) is 10.1 Å². The number of hydrazine groups is 1. The van der Waals surface area contributed by atoms with Crippen LogP contribution < -0.4 is 9.57 Å². The number of benzene rings is 3. The Balaban J connectivity index is 1.89. The third-order valence-electron chi connectivity index (χ3n) is 4.50. The van der Waals surface area contributed by atoms with Gasteiger partial charge in [0.05, 0.1) is 22.5 Å². The Hall–Kier alpha value is -3.80. The predicted molar refractivity (Wildman–Crippen MR) is 114 cm³/mol. The van der Waals surface area contributed by atoms with E-state index in [0.29, 0.717) is 11.3 Å². The molecule has 10 nitrogen and oxygen atoms in total. The number of amides is 1. The zero-order valence-electron chi connectivity index (χ0n) is 16.8. The second-order valence-electron chi connectivity index (χ2n) is 6.66. The average Bonchev–Trinajstić information content (AvgIpc) is 2.78. The number of nitro benzene ring substituents is 1. The Morgan fingerprint density at radius 2 is 1.81 bits per heavy atom. The summed E-state index contributed by atoms with van der Waals surface area (Å²) in [4.78, 5) is 24.2. The van der Waals surface area contributed by atoms with Crippen LogP contribution in [0.4, 0.5) is 5.69 Å². The summed E-state index contributed by atoms with van der Waals surface area (Å²) in [5, 5.41) is 20.8. The molecule has 0 saturated heterocycles. The van der Waals surface area contributed by atoms with Crippen molar-refractivity contribution in [2.75, 3.05) is 7.11 Å².